The summed E-state index contributed by atoms with van der Waals surface area (Å²) in [5.74, 6) is 0.379. The Hall–Kier alpha value is -2.82. The van der Waals surface area contributed by atoms with Crippen LogP contribution >= 0.6 is 0 Å². The third-order valence-corrected chi connectivity index (χ3v) is 6.14. The van der Waals surface area contributed by atoms with Gasteiger partial charge >= 0.3 is 6.36 Å². The molecule has 2 aromatic carbocycles. The highest BCUT2D eigenvalue weighted by Gasteiger charge is 2.51. The maximum atomic E-state index is 13.2. The maximum absolute atomic E-state index is 13.2. The minimum absolute atomic E-state index is 0.114. The normalized spacial score (nSPS) is 26.7. The van der Waals surface area contributed by atoms with Crippen molar-refractivity contribution in [2.45, 2.75) is 30.6 Å². The van der Waals surface area contributed by atoms with E-state index in [0.717, 1.165) is 5.56 Å². The van der Waals surface area contributed by atoms with Crippen molar-refractivity contribution in [1.29, 1.82) is 0 Å². The van der Waals surface area contributed by atoms with Crippen molar-refractivity contribution in [3.63, 3.8) is 0 Å². The van der Waals surface area contributed by atoms with Gasteiger partial charge < -0.3 is 23.8 Å². The Labute approximate surface area is 187 Å². The van der Waals surface area contributed by atoms with Crippen LogP contribution in [0.5, 0.6) is 11.5 Å². The Kier molecular flexibility index (Phi) is 5.67. The average molecular weight is 465 g/mol. The van der Waals surface area contributed by atoms with E-state index in [9.17, 15) is 18.0 Å². The fraction of sp³-hybridized carbons (Fsp3) is 0.435. The number of alkyl halides is 3. The van der Waals surface area contributed by atoms with Crippen molar-refractivity contribution < 1.29 is 41.7 Å². The smallest absolute Gasteiger partial charge is 0.486 e. The minimum atomic E-state index is -4.74. The van der Waals surface area contributed by atoms with E-state index in [1.165, 1.54) is 6.07 Å². The fourth-order valence-corrected chi connectivity index (χ4v) is 4.49. The Balaban J connectivity index is 1.26. The van der Waals surface area contributed by atoms with Crippen LogP contribution in [0.15, 0.2) is 48.5 Å². The first-order valence-corrected chi connectivity index (χ1v) is 10.6. The largest absolute Gasteiger partial charge is 0.522 e. The predicted molar refractivity (Wildman–Crippen MR) is 108 cm³/mol. The van der Waals surface area contributed by atoms with Crippen LogP contribution in [0.25, 0.3) is 0 Å². The number of carbonyl (C=O) groups excluding carboxylic acids is 1. The molecule has 1 amide bonds. The van der Waals surface area contributed by atoms with E-state index < -0.39 is 24.7 Å². The number of benzene rings is 2. The highest BCUT2D eigenvalue weighted by atomic mass is 19.4. The summed E-state index contributed by atoms with van der Waals surface area (Å²) in [6, 6.07) is 14.5. The van der Waals surface area contributed by atoms with Gasteiger partial charge in [0.25, 0.3) is 5.91 Å². The van der Waals surface area contributed by atoms with Crippen molar-refractivity contribution in [3.05, 3.63) is 59.7 Å². The van der Waals surface area contributed by atoms with Crippen LogP contribution in [0.4, 0.5) is 13.2 Å². The summed E-state index contributed by atoms with van der Waals surface area (Å²) in [6.07, 6.45) is -5.32. The third-order valence-electron chi connectivity index (χ3n) is 6.14. The number of rotatable bonds is 4. The lowest BCUT2D eigenvalue weighted by Gasteiger charge is -2.42. The molecule has 3 heterocycles. The molecular formula is C23H22F3NO6. The molecule has 2 aromatic rings. The molecule has 2 saturated heterocycles. The number of likely N-dealkylation sites (tertiary alicyclic amines) is 1. The number of piperidine rings is 1. The van der Waals surface area contributed by atoms with Crippen LogP contribution in [0, 0.1) is 0 Å². The molecule has 0 aliphatic carbocycles. The second kappa shape index (κ2) is 8.51. The van der Waals surface area contributed by atoms with Gasteiger partial charge in [0, 0.05) is 18.5 Å². The number of hydrogen-bond acceptors (Lipinski definition) is 6. The lowest BCUT2D eigenvalue weighted by Crippen LogP contribution is -2.53. The first-order valence-electron chi connectivity index (χ1n) is 10.6. The molecule has 0 bridgehead atoms. The number of ether oxygens (including phenoxy) is 5. The molecule has 0 saturated carbocycles. The zero-order valence-corrected chi connectivity index (χ0v) is 17.5. The summed E-state index contributed by atoms with van der Waals surface area (Å²) in [4.78, 5) is 14.9. The molecule has 33 heavy (non-hydrogen) atoms. The molecule has 10 heteroatoms. The van der Waals surface area contributed by atoms with Gasteiger partial charge in [-0.25, -0.2) is 0 Å². The summed E-state index contributed by atoms with van der Waals surface area (Å²) < 4.78 is 63.4. The molecule has 0 aromatic heterocycles. The molecule has 0 radical (unpaired) electrons. The van der Waals surface area contributed by atoms with Crippen LogP contribution in [0.1, 0.15) is 22.3 Å². The van der Waals surface area contributed by atoms with Crippen molar-refractivity contribution in [1.82, 2.24) is 4.90 Å². The molecule has 0 spiro atoms. The molecule has 3 aliphatic rings. The van der Waals surface area contributed by atoms with Crippen molar-refractivity contribution in [2.24, 2.45) is 0 Å². The standard InChI is InChI=1S/C23H22F3NO6/c24-23(25,26)31-13-17-12-29-19-10-15(6-7-18(19)33-17)21(28)27-9-8-22(16-4-2-1-3-5-16)20(11-27)30-14-32-22/h1-7,10,17,20H,8-9,11-14H2/t17?,20-,22-/m0/s1. The molecule has 3 aliphatic heterocycles. The lowest BCUT2D eigenvalue weighted by molar-refractivity contribution is -0.330. The van der Waals surface area contributed by atoms with Gasteiger partial charge in [-0.15, -0.1) is 13.2 Å². The Bertz CT molecular complexity index is 1020. The molecule has 1 unspecified atom stereocenters. The van der Waals surface area contributed by atoms with E-state index in [4.69, 9.17) is 18.9 Å². The first kappa shape index (κ1) is 22.0. The van der Waals surface area contributed by atoms with Gasteiger partial charge in [-0.2, -0.15) is 0 Å². The van der Waals surface area contributed by atoms with Gasteiger partial charge in [-0.1, -0.05) is 30.3 Å². The van der Waals surface area contributed by atoms with E-state index in [2.05, 4.69) is 4.74 Å². The Morgan fingerprint density at radius 1 is 1.15 bits per heavy atom. The summed E-state index contributed by atoms with van der Waals surface area (Å²) in [5, 5.41) is 0. The quantitative estimate of drug-likeness (QED) is 0.689. The minimum Gasteiger partial charge on any atom is -0.486 e. The number of fused-ring (bicyclic) bond motifs is 2. The zero-order valence-electron chi connectivity index (χ0n) is 17.5. The van der Waals surface area contributed by atoms with E-state index in [1.807, 2.05) is 30.3 Å². The van der Waals surface area contributed by atoms with E-state index in [0.29, 0.717) is 30.8 Å². The van der Waals surface area contributed by atoms with Gasteiger partial charge in [-0.05, 0) is 23.8 Å². The van der Waals surface area contributed by atoms with Crippen LogP contribution in [-0.4, -0.2) is 62.5 Å². The second-order valence-corrected chi connectivity index (χ2v) is 8.14. The molecule has 176 valence electrons. The number of nitrogens with zero attached hydrogens (tertiary/aromatic N) is 1. The predicted octanol–water partition coefficient (Wildman–Crippen LogP) is 3.48. The van der Waals surface area contributed by atoms with Crippen LogP contribution in [0.2, 0.25) is 0 Å². The number of hydrogen-bond donors (Lipinski definition) is 0. The molecular weight excluding hydrogens is 443 g/mol. The zero-order chi connectivity index (χ0) is 23.1. The highest BCUT2D eigenvalue weighted by Crippen LogP contribution is 2.43. The van der Waals surface area contributed by atoms with Gasteiger partial charge in [0.1, 0.15) is 25.1 Å². The summed E-state index contributed by atoms with van der Waals surface area (Å²) in [7, 11) is 0. The van der Waals surface area contributed by atoms with Crippen LogP contribution in [-0.2, 0) is 19.8 Å². The second-order valence-electron chi connectivity index (χ2n) is 8.14. The van der Waals surface area contributed by atoms with E-state index in [1.54, 1.807) is 17.0 Å². The van der Waals surface area contributed by atoms with Crippen molar-refractivity contribution >= 4 is 5.91 Å². The Morgan fingerprint density at radius 2 is 1.97 bits per heavy atom. The van der Waals surface area contributed by atoms with Crippen LogP contribution < -0.4 is 9.47 Å². The summed E-state index contributed by atoms with van der Waals surface area (Å²) >= 11 is 0. The SMILES string of the molecule is O=C(c1ccc2c(c1)OCC(COC(F)(F)F)O2)N1CC[C@@]2(c3ccccc3)OCO[C@H]2C1. The third kappa shape index (κ3) is 4.38. The average Bonchev–Trinajstić information content (AvgIpc) is 3.26. The molecule has 7 nitrogen and oxygen atoms in total. The van der Waals surface area contributed by atoms with Crippen molar-refractivity contribution in [3.8, 4) is 11.5 Å². The lowest BCUT2D eigenvalue weighted by atomic mass is 9.82. The molecule has 2 fully saturated rings. The van der Waals surface area contributed by atoms with Gasteiger partial charge in [-0.3, -0.25) is 9.53 Å². The van der Waals surface area contributed by atoms with Gasteiger partial charge in [0.05, 0.1) is 13.2 Å². The number of carbonyl (C=O) groups is 1. The van der Waals surface area contributed by atoms with E-state index in [-0.39, 0.29) is 31.2 Å². The van der Waals surface area contributed by atoms with E-state index >= 15 is 0 Å². The Morgan fingerprint density at radius 3 is 2.76 bits per heavy atom. The molecule has 0 N–H and O–H groups in total. The number of amides is 1. The van der Waals surface area contributed by atoms with Gasteiger partial charge in [0.2, 0.25) is 0 Å². The molecule has 3 atom stereocenters. The number of halogens is 3. The highest BCUT2D eigenvalue weighted by molar-refractivity contribution is 5.95. The fourth-order valence-electron chi connectivity index (χ4n) is 4.49. The molecule has 5 rings (SSSR count). The maximum Gasteiger partial charge on any atom is 0.522 e. The summed E-state index contributed by atoms with van der Waals surface area (Å²) in [6.45, 7) is 0.240. The first-order chi connectivity index (χ1) is 15.8. The summed E-state index contributed by atoms with van der Waals surface area (Å²) in [5.41, 5.74) is 0.856. The van der Waals surface area contributed by atoms with Crippen molar-refractivity contribution in [2.75, 3.05) is 33.1 Å². The van der Waals surface area contributed by atoms with Crippen LogP contribution in [0.3, 0.4) is 0 Å². The van der Waals surface area contributed by atoms with Gasteiger partial charge in [0.15, 0.2) is 17.6 Å². The topological polar surface area (TPSA) is 66.5 Å². The monoisotopic (exact) mass is 465 g/mol.